The fraction of sp³-hybridized carbons (Fsp3) is 0.571. The number of nitrogens with one attached hydrogen (secondary N) is 1. The lowest BCUT2D eigenvalue weighted by atomic mass is 10.1. The van der Waals surface area contributed by atoms with E-state index in [1.807, 2.05) is 12.3 Å². The van der Waals surface area contributed by atoms with E-state index in [1.165, 1.54) is 24.9 Å². The van der Waals surface area contributed by atoms with Crippen molar-refractivity contribution >= 4 is 28.9 Å². The van der Waals surface area contributed by atoms with Crippen molar-refractivity contribution in [3.8, 4) is 0 Å². The molecule has 1 aliphatic rings. The fourth-order valence-corrected chi connectivity index (χ4v) is 3.26. The number of nitrogens with zero attached hydrogens (tertiary/aromatic N) is 1. The van der Waals surface area contributed by atoms with E-state index in [1.54, 1.807) is 0 Å². The highest BCUT2D eigenvalue weighted by Crippen LogP contribution is 2.28. The van der Waals surface area contributed by atoms with Crippen LogP contribution in [0.25, 0.3) is 0 Å². The number of thiophene rings is 1. The van der Waals surface area contributed by atoms with Crippen LogP contribution in [0.15, 0.2) is 5.38 Å². The summed E-state index contributed by atoms with van der Waals surface area (Å²) in [6.45, 7) is 4.20. The molecule has 0 atom stereocenters. The molecule has 1 saturated heterocycles. The number of carbonyl (C=O) groups is 2. The van der Waals surface area contributed by atoms with Crippen LogP contribution >= 0.6 is 11.3 Å². The molecule has 110 valence electrons. The number of likely N-dealkylation sites (tertiary alicyclic amines) is 1. The van der Waals surface area contributed by atoms with E-state index in [9.17, 15) is 9.59 Å². The number of anilines is 1. The van der Waals surface area contributed by atoms with Crippen molar-refractivity contribution in [2.75, 3.05) is 32.1 Å². The summed E-state index contributed by atoms with van der Waals surface area (Å²) in [7, 11) is 1.34. The van der Waals surface area contributed by atoms with Crippen molar-refractivity contribution in [1.82, 2.24) is 4.90 Å². The minimum atomic E-state index is -0.406. The van der Waals surface area contributed by atoms with Crippen molar-refractivity contribution in [2.45, 2.75) is 26.2 Å². The van der Waals surface area contributed by atoms with E-state index >= 15 is 0 Å². The summed E-state index contributed by atoms with van der Waals surface area (Å²) in [5.74, 6) is -0.477. The second kappa shape index (κ2) is 6.85. The van der Waals surface area contributed by atoms with Gasteiger partial charge in [0.05, 0.1) is 19.3 Å². The van der Waals surface area contributed by atoms with E-state index in [-0.39, 0.29) is 5.91 Å². The van der Waals surface area contributed by atoms with Gasteiger partial charge in [0.2, 0.25) is 5.91 Å². The summed E-state index contributed by atoms with van der Waals surface area (Å²) in [5.41, 5.74) is 1.48. The third kappa shape index (κ3) is 3.58. The van der Waals surface area contributed by atoms with Gasteiger partial charge in [-0.25, -0.2) is 4.79 Å². The van der Waals surface area contributed by atoms with Crippen LogP contribution in [0.1, 0.15) is 34.5 Å². The molecule has 0 aliphatic carbocycles. The number of piperidine rings is 1. The maximum Gasteiger partial charge on any atom is 0.350 e. The van der Waals surface area contributed by atoms with Gasteiger partial charge in [0.1, 0.15) is 4.88 Å². The fourth-order valence-electron chi connectivity index (χ4n) is 2.34. The Bertz CT molecular complexity index is 493. The van der Waals surface area contributed by atoms with Gasteiger partial charge in [-0.15, -0.1) is 11.3 Å². The molecule has 20 heavy (non-hydrogen) atoms. The Kier molecular flexibility index (Phi) is 5.14. The van der Waals surface area contributed by atoms with Gasteiger partial charge in [-0.05, 0) is 43.8 Å². The summed E-state index contributed by atoms with van der Waals surface area (Å²) in [6, 6.07) is 0. The van der Waals surface area contributed by atoms with Gasteiger partial charge in [0.25, 0.3) is 0 Å². The number of aryl methyl sites for hydroxylation is 1. The monoisotopic (exact) mass is 296 g/mol. The Balaban J connectivity index is 2.00. The Morgan fingerprint density at radius 1 is 1.35 bits per heavy atom. The predicted molar refractivity (Wildman–Crippen MR) is 79.3 cm³/mol. The summed E-state index contributed by atoms with van der Waals surface area (Å²) < 4.78 is 4.73. The van der Waals surface area contributed by atoms with Crippen molar-refractivity contribution < 1.29 is 14.3 Å². The van der Waals surface area contributed by atoms with Gasteiger partial charge in [0.15, 0.2) is 0 Å². The maximum atomic E-state index is 12.1. The summed E-state index contributed by atoms with van der Waals surface area (Å²) in [5, 5.41) is 4.70. The first kappa shape index (κ1) is 15.0. The van der Waals surface area contributed by atoms with E-state index < -0.39 is 5.97 Å². The van der Waals surface area contributed by atoms with E-state index in [0.717, 1.165) is 31.5 Å². The molecular formula is C14H20N2O3S. The van der Waals surface area contributed by atoms with Crippen molar-refractivity contribution in [3.63, 3.8) is 0 Å². The third-order valence-electron chi connectivity index (χ3n) is 3.43. The number of hydrogen-bond donors (Lipinski definition) is 1. The average Bonchev–Trinajstić information content (AvgIpc) is 2.80. The highest BCUT2D eigenvalue weighted by Gasteiger charge is 2.20. The van der Waals surface area contributed by atoms with Crippen LogP contribution in [-0.4, -0.2) is 43.5 Å². The van der Waals surface area contributed by atoms with E-state index in [0.29, 0.717) is 17.1 Å². The molecule has 2 rings (SSSR count). The molecule has 1 amide bonds. The first-order chi connectivity index (χ1) is 9.61. The summed E-state index contributed by atoms with van der Waals surface area (Å²) in [4.78, 5) is 26.3. The molecule has 1 aromatic rings. The van der Waals surface area contributed by atoms with Crippen LogP contribution in [0.5, 0.6) is 0 Å². The lowest BCUT2D eigenvalue weighted by Gasteiger charge is -2.25. The molecule has 0 spiro atoms. The van der Waals surface area contributed by atoms with Gasteiger partial charge in [-0.2, -0.15) is 0 Å². The molecule has 0 bridgehead atoms. The van der Waals surface area contributed by atoms with Gasteiger partial charge in [0, 0.05) is 0 Å². The first-order valence-electron chi connectivity index (χ1n) is 6.80. The van der Waals surface area contributed by atoms with Gasteiger partial charge >= 0.3 is 5.97 Å². The molecule has 1 aromatic heterocycles. The Morgan fingerprint density at radius 2 is 2.05 bits per heavy atom. The molecule has 6 heteroatoms. The number of amides is 1. The minimum Gasteiger partial charge on any atom is -0.465 e. The Hall–Kier alpha value is -1.40. The maximum absolute atomic E-state index is 12.1. The van der Waals surface area contributed by atoms with Crippen LogP contribution in [0.3, 0.4) is 0 Å². The van der Waals surface area contributed by atoms with Crippen molar-refractivity contribution in [1.29, 1.82) is 0 Å². The lowest BCUT2D eigenvalue weighted by Crippen LogP contribution is -2.37. The third-order valence-corrected chi connectivity index (χ3v) is 4.50. The molecule has 0 saturated carbocycles. The molecular weight excluding hydrogens is 276 g/mol. The number of ether oxygens (including phenoxy) is 1. The molecule has 5 nitrogen and oxygen atoms in total. The van der Waals surface area contributed by atoms with E-state index in [4.69, 9.17) is 4.74 Å². The molecule has 0 aromatic carbocycles. The largest absolute Gasteiger partial charge is 0.465 e. The van der Waals surface area contributed by atoms with Crippen molar-refractivity contribution in [2.24, 2.45) is 0 Å². The molecule has 1 fully saturated rings. The summed E-state index contributed by atoms with van der Waals surface area (Å²) in [6.07, 6.45) is 3.55. The molecule has 0 radical (unpaired) electrons. The smallest absolute Gasteiger partial charge is 0.350 e. The highest BCUT2D eigenvalue weighted by atomic mass is 32.1. The molecule has 2 heterocycles. The number of hydrogen-bond acceptors (Lipinski definition) is 5. The van der Waals surface area contributed by atoms with Gasteiger partial charge < -0.3 is 10.1 Å². The number of methoxy groups -OCH3 is 1. The second-order valence-electron chi connectivity index (χ2n) is 5.00. The van der Waals surface area contributed by atoms with Gasteiger partial charge in [-0.1, -0.05) is 6.42 Å². The number of rotatable bonds is 4. The van der Waals surface area contributed by atoms with Crippen LogP contribution in [-0.2, 0) is 9.53 Å². The Labute approximate surface area is 122 Å². The number of esters is 1. The quantitative estimate of drug-likeness (QED) is 0.866. The van der Waals surface area contributed by atoms with Crippen LogP contribution in [0.4, 0.5) is 5.69 Å². The van der Waals surface area contributed by atoms with Crippen LogP contribution < -0.4 is 5.32 Å². The zero-order valence-electron chi connectivity index (χ0n) is 11.9. The normalized spacial score (nSPS) is 15.9. The zero-order chi connectivity index (χ0) is 14.5. The standard InChI is InChI=1S/C14H20N2O3S/c1-10-9-20-13(14(18)19-2)12(10)15-11(17)8-16-6-4-3-5-7-16/h9H,3-8H2,1-2H3,(H,15,17). The van der Waals surface area contributed by atoms with Crippen LogP contribution in [0.2, 0.25) is 0 Å². The zero-order valence-corrected chi connectivity index (χ0v) is 12.7. The first-order valence-corrected chi connectivity index (χ1v) is 7.68. The second-order valence-corrected chi connectivity index (χ2v) is 5.88. The lowest BCUT2D eigenvalue weighted by molar-refractivity contribution is -0.117. The molecule has 1 N–H and O–H groups in total. The van der Waals surface area contributed by atoms with Crippen molar-refractivity contribution in [3.05, 3.63) is 15.8 Å². The van der Waals surface area contributed by atoms with Crippen LogP contribution in [0, 0.1) is 6.92 Å². The SMILES string of the molecule is COC(=O)c1scc(C)c1NC(=O)CN1CCCCC1. The number of carbonyl (C=O) groups excluding carboxylic acids is 2. The van der Waals surface area contributed by atoms with E-state index in [2.05, 4.69) is 10.2 Å². The highest BCUT2D eigenvalue weighted by molar-refractivity contribution is 7.12. The van der Waals surface area contributed by atoms with Gasteiger partial charge in [-0.3, -0.25) is 9.69 Å². The molecule has 0 unspecified atom stereocenters. The molecule has 1 aliphatic heterocycles. The minimum absolute atomic E-state index is 0.0708. The summed E-state index contributed by atoms with van der Waals surface area (Å²) >= 11 is 1.29. The predicted octanol–water partition coefficient (Wildman–Crippen LogP) is 2.27. The topological polar surface area (TPSA) is 58.6 Å². The average molecular weight is 296 g/mol. The Morgan fingerprint density at radius 3 is 2.70 bits per heavy atom.